The molecule has 0 atom stereocenters. The average molecular weight is 349 g/mol. The topological polar surface area (TPSA) is 81.7 Å². The van der Waals surface area contributed by atoms with Gasteiger partial charge in [0.2, 0.25) is 10.0 Å². The second kappa shape index (κ2) is 8.47. The van der Waals surface area contributed by atoms with Crippen LogP contribution in [0.2, 0.25) is 0 Å². The first kappa shape index (κ1) is 18.0. The Hall–Kier alpha value is -2.38. The Bertz CT molecular complexity index is 757. The number of esters is 1. The molecule has 0 radical (unpaired) electrons. The van der Waals surface area contributed by atoms with Crippen LogP contribution in [-0.2, 0) is 19.6 Å². The Morgan fingerprint density at radius 1 is 1.00 bits per heavy atom. The van der Waals surface area contributed by atoms with Crippen molar-refractivity contribution in [1.29, 1.82) is 0 Å². The van der Waals surface area contributed by atoms with Gasteiger partial charge in [0.05, 0.1) is 4.90 Å². The van der Waals surface area contributed by atoms with Crippen molar-refractivity contribution in [3.8, 4) is 5.75 Å². The van der Waals surface area contributed by atoms with Crippen LogP contribution in [0.15, 0.2) is 59.5 Å². The summed E-state index contributed by atoms with van der Waals surface area (Å²) in [4.78, 5) is 11.7. The summed E-state index contributed by atoms with van der Waals surface area (Å²) >= 11 is 0. The monoisotopic (exact) mass is 349 g/mol. The van der Waals surface area contributed by atoms with Crippen molar-refractivity contribution in [2.24, 2.45) is 0 Å². The van der Waals surface area contributed by atoms with Crippen molar-refractivity contribution in [3.05, 3.63) is 60.2 Å². The van der Waals surface area contributed by atoms with E-state index in [0.29, 0.717) is 5.75 Å². The molecule has 2 rings (SSSR count). The normalized spacial score (nSPS) is 11.0. The van der Waals surface area contributed by atoms with E-state index in [1.807, 2.05) is 25.1 Å². The van der Waals surface area contributed by atoms with Gasteiger partial charge in [-0.1, -0.05) is 35.9 Å². The molecule has 2 aromatic rings. The lowest BCUT2D eigenvalue weighted by molar-refractivity contribution is -0.142. The molecule has 0 spiro atoms. The van der Waals surface area contributed by atoms with E-state index < -0.39 is 22.5 Å². The minimum absolute atomic E-state index is 0.0417. The van der Waals surface area contributed by atoms with E-state index in [2.05, 4.69) is 4.72 Å². The van der Waals surface area contributed by atoms with Gasteiger partial charge in [-0.05, 0) is 31.2 Å². The first-order chi connectivity index (χ1) is 11.5. The molecule has 0 aliphatic carbocycles. The third-order valence-corrected chi connectivity index (χ3v) is 4.51. The molecule has 2 aromatic carbocycles. The second-order valence-electron chi connectivity index (χ2n) is 5.02. The number of aryl methyl sites for hydroxylation is 1. The summed E-state index contributed by atoms with van der Waals surface area (Å²) in [7, 11) is -3.73. The SMILES string of the molecule is Cc1ccc(S(=O)(=O)NCC(=O)OCCOc2ccccc2)cc1. The number of rotatable bonds is 8. The molecule has 7 heteroatoms. The van der Waals surface area contributed by atoms with Crippen LogP contribution < -0.4 is 9.46 Å². The Labute approximate surface area is 141 Å². The number of carbonyl (C=O) groups is 1. The van der Waals surface area contributed by atoms with Crippen molar-refractivity contribution in [2.45, 2.75) is 11.8 Å². The predicted octanol–water partition coefficient (Wildman–Crippen LogP) is 1.90. The van der Waals surface area contributed by atoms with Gasteiger partial charge in [-0.15, -0.1) is 0 Å². The van der Waals surface area contributed by atoms with Gasteiger partial charge < -0.3 is 9.47 Å². The fraction of sp³-hybridized carbons (Fsp3) is 0.235. The number of hydrogen-bond acceptors (Lipinski definition) is 5. The molecule has 0 aliphatic rings. The summed E-state index contributed by atoms with van der Waals surface area (Å²) in [5, 5.41) is 0. The Morgan fingerprint density at radius 2 is 1.67 bits per heavy atom. The van der Waals surface area contributed by atoms with E-state index in [1.165, 1.54) is 12.1 Å². The van der Waals surface area contributed by atoms with E-state index in [1.54, 1.807) is 24.3 Å². The summed E-state index contributed by atoms with van der Waals surface area (Å²) < 4.78 is 36.5. The molecular formula is C17H19NO5S. The number of hydrogen-bond donors (Lipinski definition) is 1. The molecule has 0 unspecified atom stereocenters. The van der Waals surface area contributed by atoms with Crippen LogP contribution in [0.3, 0.4) is 0 Å². The molecule has 0 amide bonds. The van der Waals surface area contributed by atoms with Gasteiger partial charge in [0.1, 0.15) is 25.5 Å². The molecule has 0 fully saturated rings. The molecule has 0 saturated carbocycles. The maximum Gasteiger partial charge on any atom is 0.321 e. The fourth-order valence-corrected chi connectivity index (χ4v) is 2.81. The summed E-state index contributed by atoms with van der Waals surface area (Å²) in [6.07, 6.45) is 0. The van der Waals surface area contributed by atoms with Crippen LogP contribution in [0.5, 0.6) is 5.75 Å². The number of benzene rings is 2. The van der Waals surface area contributed by atoms with Gasteiger partial charge in [-0.25, -0.2) is 8.42 Å². The second-order valence-corrected chi connectivity index (χ2v) is 6.79. The van der Waals surface area contributed by atoms with E-state index in [4.69, 9.17) is 9.47 Å². The summed E-state index contributed by atoms with van der Waals surface area (Å²) in [6.45, 7) is 1.67. The van der Waals surface area contributed by atoms with Crippen molar-refractivity contribution in [2.75, 3.05) is 19.8 Å². The van der Waals surface area contributed by atoms with Crippen LogP contribution in [0.4, 0.5) is 0 Å². The van der Waals surface area contributed by atoms with E-state index >= 15 is 0 Å². The lowest BCUT2D eigenvalue weighted by Crippen LogP contribution is -2.31. The molecule has 0 heterocycles. The van der Waals surface area contributed by atoms with Crippen LogP contribution >= 0.6 is 0 Å². The highest BCUT2D eigenvalue weighted by atomic mass is 32.2. The van der Waals surface area contributed by atoms with Crippen LogP contribution in [0.25, 0.3) is 0 Å². The summed E-state index contributed by atoms with van der Waals surface area (Å²) in [5.41, 5.74) is 0.951. The maximum absolute atomic E-state index is 12.0. The largest absolute Gasteiger partial charge is 0.490 e. The minimum atomic E-state index is -3.73. The molecule has 6 nitrogen and oxygen atoms in total. The Morgan fingerprint density at radius 3 is 2.33 bits per heavy atom. The standard InChI is InChI=1S/C17H19NO5S/c1-14-7-9-16(10-8-14)24(20,21)18-13-17(19)23-12-11-22-15-5-3-2-4-6-15/h2-10,18H,11-13H2,1H3. The van der Waals surface area contributed by atoms with Crippen LogP contribution in [0.1, 0.15) is 5.56 Å². The zero-order valence-corrected chi connectivity index (χ0v) is 14.1. The number of nitrogens with one attached hydrogen (secondary N) is 1. The van der Waals surface area contributed by atoms with Crippen molar-refractivity contribution in [3.63, 3.8) is 0 Å². The van der Waals surface area contributed by atoms with Crippen LogP contribution in [0, 0.1) is 6.92 Å². The van der Waals surface area contributed by atoms with Crippen LogP contribution in [-0.4, -0.2) is 34.1 Å². The lowest BCUT2D eigenvalue weighted by atomic mass is 10.2. The zero-order valence-electron chi connectivity index (χ0n) is 13.3. The molecule has 0 aromatic heterocycles. The van der Waals surface area contributed by atoms with Gasteiger partial charge >= 0.3 is 5.97 Å². The van der Waals surface area contributed by atoms with Gasteiger partial charge in [0.25, 0.3) is 0 Å². The minimum Gasteiger partial charge on any atom is -0.490 e. The van der Waals surface area contributed by atoms with Gasteiger partial charge in [-0.3, -0.25) is 4.79 Å². The quantitative estimate of drug-likeness (QED) is 0.581. The molecule has 0 bridgehead atoms. The Balaban J connectivity index is 1.71. The Kier molecular flexibility index (Phi) is 6.34. The highest BCUT2D eigenvalue weighted by Gasteiger charge is 2.15. The highest BCUT2D eigenvalue weighted by molar-refractivity contribution is 7.89. The van der Waals surface area contributed by atoms with Crippen molar-refractivity contribution in [1.82, 2.24) is 4.72 Å². The predicted molar refractivity (Wildman–Crippen MR) is 89.3 cm³/mol. The highest BCUT2D eigenvalue weighted by Crippen LogP contribution is 2.09. The number of sulfonamides is 1. The van der Waals surface area contributed by atoms with Gasteiger partial charge in [0.15, 0.2) is 0 Å². The lowest BCUT2D eigenvalue weighted by Gasteiger charge is -2.09. The fourth-order valence-electron chi connectivity index (χ4n) is 1.84. The van der Waals surface area contributed by atoms with Crippen molar-refractivity contribution >= 4 is 16.0 Å². The van der Waals surface area contributed by atoms with E-state index in [-0.39, 0.29) is 18.1 Å². The zero-order chi connectivity index (χ0) is 17.4. The molecule has 0 aliphatic heterocycles. The molecule has 0 saturated heterocycles. The first-order valence-corrected chi connectivity index (χ1v) is 8.85. The number of carbonyl (C=O) groups excluding carboxylic acids is 1. The number of ether oxygens (including phenoxy) is 2. The molecular weight excluding hydrogens is 330 g/mol. The third kappa shape index (κ3) is 5.68. The molecule has 128 valence electrons. The maximum atomic E-state index is 12.0. The van der Waals surface area contributed by atoms with E-state index in [9.17, 15) is 13.2 Å². The molecule has 1 N–H and O–H groups in total. The summed E-state index contributed by atoms with van der Waals surface area (Å²) in [6, 6.07) is 15.5. The van der Waals surface area contributed by atoms with Gasteiger partial charge in [0, 0.05) is 0 Å². The summed E-state index contributed by atoms with van der Waals surface area (Å²) in [5.74, 6) is 0.0102. The third-order valence-electron chi connectivity index (χ3n) is 3.10. The first-order valence-electron chi connectivity index (χ1n) is 7.37. The number of para-hydroxylation sites is 1. The smallest absolute Gasteiger partial charge is 0.321 e. The average Bonchev–Trinajstić information content (AvgIpc) is 2.58. The van der Waals surface area contributed by atoms with Crippen molar-refractivity contribution < 1.29 is 22.7 Å². The molecule has 24 heavy (non-hydrogen) atoms. The van der Waals surface area contributed by atoms with E-state index in [0.717, 1.165) is 5.56 Å². The van der Waals surface area contributed by atoms with Gasteiger partial charge in [-0.2, -0.15) is 4.72 Å².